The van der Waals surface area contributed by atoms with E-state index < -0.39 is 11.9 Å². The summed E-state index contributed by atoms with van der Waals surface area (Å²) in [6, 6.07) is 7.24. The lowest BCUT2D eigenvalue weighted by molar-refractivity contribution is -0.116. The predicted molar refractivity (Wildman–Crippen MR) is 138 cm³/mol. The Labute approximate surface area is 217 Å². The molecular formula is C24H27N5O5S2. The Hall–Kier alpha value is -3.64. The summed E-state index contributed by atoms with van der Waals surface area (Å²) in [6.07, 6.45) is 0. The maximum Gasteiger partial charge on any atom is 0.341 e. The first kappa shape index (κ1) is 27.0. The van der Waals surface area contributed by atoms with Gasteiger partial charge in [0.1, 0.15) is 11.5 Å². The number of rotatable bonds is 9. The average molecular weight is 530 g/mol. The Bertz CT molecular complexity index is 1400. The Morgan fingerprint density at radius 1 is 1.17 bits per heavy atom. The molecular weight excluding hydrogens is 502 g/mol. The molecule has 0 atom stereocenters. The van der Waals surface area contributed by atoms with Gasteiger partial charge in [0, 0.05) is 12.6 Å². The maximum absolute atomic E-state index is 12.8. The number of thiophene rings is 1. The second-order valence-electron chi connectivity index (χ2n) is 8.00. The van der Waals surface area contributed by atoms with Crippen molar-refractivity contribution >= 4 is 52.1 Å². The van der Waals surface area contributed by atoms with Crippen molar-refractivity contribution in [3.8, 4) is 0 Å². The number of carbonyl (C=O) groups is 4. The number of ketones is 1. The topological polar surface area (TPSA) is 124 Å². The highest BCUT2D eigenvalue weighted by molar-refractivity contribution is 7.71. The standard InChI is InChI=1S/C24H27N5O5S2/c1-6-34-23(33)19-14(3)20(15(4)30)36-22(19)26-18(31)12-29-24(35)28(5)17(27-29)11-25-21(32)16-10-8-7-9-13(16)2/h7-10H,6,11-12H2,1-5H3,(H,25,32)(H,26,31). The molecule has 0 spiro atoms. The third kappa shape index (κ3) is 5.77. The van der Waals surface area contributed by atoms with Crippen LogP contribution in [-0.2, 0) is 29.7 Å². The minimum atomic E-state index is -0.616. The molecule has 2 aromatic heterocycles. The minimum absolute atomic E-state index is 0.112. The summed E-state index contributed by atoms with van der Waals surface area (Å²) in [6.45, 7) is 6.60. The minimum Gasteiger partial charge on any atom is -0.462 e. The third-order valence-electron chi connectivity index (χ3n) is 5.42. The number of Topliss-reactive ketones (excluding diaryl/α,β-unsaturated/α-hetero) is 1. The summed E-state index contributed by atoms with van der Waals surface area (Å²) >= 11 is 6.43. The number of nitrogens with zero attached hydrogens (tertiary/aromatic N) is 3. The van der Waals surface area contributed by atoms with E-state index in [1.54, 1.807) is 37.6 Å². The van der Waals surface area contributed by atoms with E-state index in [0.29, 0.717) is 21.8 Å². The van der Waals surface area contributed by atoms with Gasteiger partial charge in [0.05, 0.1) is 23.6 Å². The normalized spacial score (nSPS) is 10.7. The van der Waals surface area contributed by atoms with Gasteiger partial charge in [0.25, 0.3) is 5.91 Å². The molecule has 0 fully saturated rings. The number of nitrogens with one attached hydrogen (secondary N) is 2. The van der Waals surface area contributed by atoms with Crippen molar-refractivity contribution in [2.45, 2.75) is 40.8 Å². The van der Waals surface area contributed by atoms with Gasteiger partial charge >= 0.3 is 5.97 Å². The van der Waals surface area contributed by atoms with Crippen molar-refractivity contribution in [2.75, 3.05) is 11.9 Å². The average Bonchev–Trinajstić information content (AvgIpc) is 3.28. The van der Waals surface area contributed by atoms with Crippen molar-refractivity contribution in [2.24, 2.45) is 7.05 Å². The van der Waals surface area contributed by atoms with Crippen LogP contribution >= 0.6 is 23.6 Å². The Morgan fingerprint density at radius 3 is 2.50 bits per heavy atom. The van der Waals surface area contributed by atoms with Gasteiger partial charge in [-0.1, -0.05) is 18.2 Å². The highest BCUT2D eigenvalue weighted by Crippen LogP contribution is 2.34. The van der Waals surface area contributed by atoms with Crippen LogP contribution in [0.1, 0.15) is 61.2 Å². The summed E-state index contributed by atoms with van der Waals surface area (Å²) in [5.41, 5.74) is 2.03. The monoisotopic (exact) mass is 529 g/mol. The number of ether oxygens (including phenoxy) is 1. The molecule has 190 valence electrons. The van der Waals surface area contributed by atoms with Gasteiger partial charge < -0.3 is 19.9 Å². The second-order valence-corrected chi connectivity index (χ2v) is 9.38. The van der Waals surface area contributed by atoms with Crippen molar-refractivity contribution in [3.05, 3.63) is 62.0 Å². The van der Waals surface area contributed by atoms with Crippen molar-refractivity contribution in [1.82, 2.24) is 19.7 Å². The first-order chi connectivity index (χ1) is 17.0. The lowest BCUT2D eigenvalue weighted by Crippen LogP contribution is -2.25. The molecule has 0 bridgehead atoms. The van der Waals surface area contributed by atoms with Crippen LogP contribution in [-0.4, -0.2) is 44.5 Å². The third-order valence-corrected chi connectivity index (χ3v) is 7.21. The fourth-order valence-electron chi connectivity index (χ4n) is 3.56. The summed E-state index contributed by atoms with van der Waals surface area (Å²) in [7, 11) is 1.69. The molecule has 0 aliphatic heterocycles. The second kappa shape index (κ2) is 11.4. The van der Waals surface area contributed by atoms with Crippen LogP contribution in [0, 0.1) is 18.6 Å². The van der Waals surface area contributed by atoms with Crippen LogP contribution in [0.3, 0.4) is 0 Å². The van der Waals surface area contributed by atoms with E-state index in [9.17, 15) is 19.2 Å². The maximum atomic E-state index is 12.8. The van der Waals surface area contributed by atoms with Gasteiger partial charge in [0.2, 0.25) is 5.91 Å². The zero-order chi connectivity index (χ0) is 26.6. The Morgan fingerprint density at radius 2 is 1.86 bits per heavy atom. The number of benzene rings is 1. The predicted octanol–water partition coefficient (Wildman–Crippen LogP) is 3.58. The first-order valence-electron chi connectivity index (χ1n) is 11.1. The molecule has 3 aromatic rings. The number of aryl methyl sites for hydroxylation is 1. The van der Waals surface area contributed by atoms with Crippen LogP contribution in [0.25, 0.3) is 0 Å². The summed E-state index contributed by atoms with van der Waals surface area (Å²) in [5, 5.41) is 10.1. The van der Waals surface area contributed by atoms with E-state index in [1.807, 2.05) is 19.1 Å². The molecule has 0 aliphatic carbocycles. The molecule has 36 heavy (non-hydrogen) atoms. The molecule has 10 nitrogen and oxygen atoms in total. The number of hydrogen-bond donors (Lipinski definition) is 2. The summed E-state index contributed by atoms with van der Waals surface area (Å²) in [4.78, 5) is 50.2. The van der Waals surface area contributed by atoms with Crippen LogP contribution in [0.5, 0.6) is 0 Å². The van der Waals surface area contributed by atoms with E-state index in [1.165, 1.54) is 11.6 Å². The van der Waals surface area contributed by atoms with E-state index in [0.717, 1.165) is 16.9 Å². The summed E-state index contributed by atoms with van der Waals surface area (Å²) in [5.74, 6) is -1.09. The first-order valence-corrected chi connectivity index (χ1v) is 12.3. The van der Waals surface area contributed by atoms with Gasteiger partial charge in [-0.3, -0.25) is 14.4 Å². The van der Waals surface area contributed by atoms with Gasteiger partial charge in [-0.05, 0) is 57.1 Å². The number of aromatic nitrogens is 3. The SMILES string of the molecule is CCOC(=O)c1c(NC(=O)Cn2nc(CNC(=O)c3ccccc3C)n(C)c2=S)sc(C(C)=O)c1C. The molecule has 0 saturated heterocycles. The molecule has 2 heterocycles. The van der Waals surface area contributed by atoms with Crippen LogP contribution in [0.2, 0.25) is 0 Å². The number of hydrogen-bond acceptors (Lipinski definition) is 8. The molecule has 2 N–H and O–H groups in total. The fourth-order valence-corrected chi connectivity index (χ4v) is 4.88. The molecule has 0 saturated carbocycles. The number of esters is 1. The fraction of sp³-hybridized carbons (Fsp3) is 0.333. The van der Waals surface area contributed by atoms with Gasteiger partial charge in [-0.15, -0.1) is 11.3 Å². The molecule has 12 heteroatoms. The van der Waals surface area contributed by atoms with Crippen LogP contribution in [0.4, 0.5) is 5.00 Å². The molecule has 0 aliphatic rings. The molecule has 0 radical (unpaired) electrons. The zero-order valence-corrected chi connectivity index (χ0v) is 22.3. The number of anilines is 1. The smallest absolute Gasteiger partial charge is 0.341 e. The van der Waals surface area contributed by atoms with Gasteiger partial charge in [0.15, 0.2) is 16.4 Å². The molecule has 2 amide bonds. The van der Waals surface area contributed by atoms with E-state index in [2.05, 4.69) is 15.7 Å². The van der Waals surface area contributed by atoms with Crippen LogP contribution < -0.4 is 10.6 Å². The lowest BCUT2D eigenvalue weighted by atomic mass is 10.1. The Balaban J connectivity index is 1.75. The largest absolute Gasteiger partial charge is 0.462 e. The quantitative estimate of drug-likeness (QED) is 0.247. The van der Waals surface area contributed by atoms with E-state index in [4.69, 9.17) is 17.0 Å². The summed E-state index contributed by atoms with van der Waals surface area (Å²) < 4.78 is 8.31. The van der Waals surface area contributed by atoms with Crippen molar-refractivity contribution in [1.29, 1.82) is 0 Å². The highest BCUT2D eigenvalue weighted by atomic mass is 32.1. The van der Waals surface area contributed by atoms with Gasteiger partial charge in [-0.2, -0.15) is 5.10 Å². The van der Waals surface area contributed by atoms with Crippen LogP contribution in [0.15, 0.2) is 24.3 Å². The van der Waals surface area contributed by atoms with Crippen molar-refractivity contribution in [3.63, 3.8) is 0 Å². The van der Waals surface area contributed by atoms with E-state index in [-0.39, 0.29) is 46.7 Å². The zero-order valence-electron chi connectivity index (χ0n) is 20.6. The lowest BCUT2D eigenvalue weighted by Gasteiger charge is -2.07. The molecule has 3 rings (SSSR count). The molecule has 1 aromatic carbocycles. The molecule has 0 unspecified atom stereocenters. The highest BCUT2D eigenvalue weighted by Gasteiger charge is 2.25. The number of carbonyl (C=O) groups excluding carboxylic acids is 4. The van der Waals surface area contributed by atoms with Crippen molar-refractivity contribution < 1.29 is 23.9 Å². The van der Waals surface area contributed by atoms with E-state index >= 15 is 0 Å². The Kier molecular flexibility index (Phi) is 8.53. The van der Waals surface area contributed by atoms with Gasteiger partial charge in [-0.25, -0.2) is 9.48 Å². The number of amides is 2.